The number of carboxylic acid groups (broad SMARTS) is 1. The fourth-order valence-corrected chi connectivity index (χ4v) is 2.05. The Bertz CT molecular complexity index is 912. The lowest BCUT2D eigenvalue weighted by Gasteiger charge is -2.02. The Morgan fingerprint density at radius 2 is 2.12 bits per heavy atom. The number of hydrogen-bond donors (Lipinski definition) is 3. The van der Waals surface area contributed by atoms with E-state index in [1.807, 2.05) is 0 Å². The van der Waals surface area contributed by atoms with Crippen molar-refractivity contribution in [2.24, 2.45) is 5.10 Å². The predicted octanol–water partition coefficient (Wildman–Crippen LogP) is 1.70. The normalized spacial score (nSPS) is 11.0. The van der Waals surface area contributed by atoms with Crippen molar-refractivity contribution in [2.45, 2.75) is 6.92 Å². The Morgan fingerprint density at radius 3 is 2.83 bits per heavy atom. The average molecular weight is 326 g/mol. The summed E-state index contributed by atoms with van der Waals surface area (Å²) in [5, 5.41) is 20.8. The van der Waals surface area contributed by atoms with Crippen molar-refractivity contribution >= 4 is 18.1 Å². The maximum absolute atomic E-state index is 11.3. The molecule has 0 aliphatic heterocycles. The maximum Gasteiger partial charge on any atom is 0.336 e. The highest BCUT2D eigenvalue weighted by Gasteiger charge is 2.13. The predicted molar refractivity (Wildman–Crippen MR) is 87.2 cm³/mol. The lowest BCUT2D eigenvalue weighted by Crippen LogP contribution is -2.13. The third-order valence-corrected chi connectivity index (χ3v) is 3.27. The first-order chi connectivity index (χ1) is 11.6. The molecule has 0 saturated carbocycles. The summed E-state index contributed by atoms with van der Waals surface area (Å²) >= 11 is 0. The van der Waals surface area contributed by atoms with Gasteiger partial charge in [-0.05, 0) is 25.1 Å². The molecule has 0 radical (unpaired) electrons. The number of hydrogen-bond acceptors (Lipinski definition) is 7. The van der Waals surface area contributed by atoms with Crippen molar-refractivity contribution < 1.29 is 14.3 Å². The Hall–Kier alpha value is -3.62. The number of carbonyl (C=O) groups is 1. The maximum atomic E-state index is 11.3. The Kier molecular flexibility index (Phi) is 3.98. The van der Waals surface area contributed by atoms with E-state index < -0.39 is 5.97 Å². The van der Waals surface area contributed by atoms with Gasteiger partial charge in [0, 0.05) is 5.56 Å². The fourth-order valence-electron chi connectivity index (χ4n) is 2.05. The highest BCUT2D eigenvalue weighted by Crippen LogP contribution is 2.25. The van der Waals surface area contributed by atoms with Crippen molar-refractivity contribution in [3.8, 4) is 11.3 Å². The molecule has 3 rings (SSSR count). The first-order valence-electron chi connectivity index (χ1n) is 6.95. The Morgan fingerprint density at radius 1 is 1.33 bits per heavy atom. The number of benzene rings is 1. The number of nitrogen functional groups attached to an aromatic ring is 1. The van der Waals surface area contributed by atoms with Crippen molar-refractivity contribution in [2.75, 3.05) is 11.3 Å². The zero-order valence-corrected chi connectivity index (χ0v) is 12.7. The molecule has 4 N–H and O–H groups in total. The molecule has 0 unspecified atom stereocenters. The topological polar surface area (TPSA) is 132 Å². The van der Waals surface area contributed by atoms with Crippen LogP contribution in [0.25, 0.3) is 11.3 Å². The van der Waals surface area contributed by atoms with Gasteiger partial charge in [-0.1, -0.05) is 18.2 Å². The van der Waals surface area contributed by atoms with Gasteiger partial charge in [0.05, 0.1) is 11.8 Å². The molecule has 2 heterocycles. The molecule has 0 fully saturated rings. The SMILES string of the molecule is Cc1nnc(N/N=C/c2ccc(-c3ccccc3C(=O)O)o2)n1N. The van der Waals surface area contributed by atoms with Crippen LogP contribution < -0.4 is 11.3 Å². The van der Waals surface area contributed by atoms with Gasteiger partial charge in [-0.2, -0.15) is 5.10 Å². The summed E-state index contributed by atoms with van der Waals surface area (Å²) < 4.78 is 6.87. The van der Waals surface area contributed by atoms with Crippen LogP contribution in [0.1, 0.15) is 21.9 Å². The van der Waals surface area contributed by atoms with Crippen molar-refractivity contribution in [1.82, 2.24) is 14.9 Å². The minimum atomic E-state index is -1.02. The van der Waals surface area contributed by atoms with Gasteiger partial charge in [-0.15, -0.1) is 10.2 Å². The highest BCUT2D eigenvalue weighted by molar-refractivity contribution is 5.95. The fraction of sp³-hybridized carbons (Fsp3) is 0.0667. The number of nitrogens with zero attached hydrogens (tertiary/aromatic N) is 4. The van der Waals surface area contributed by atoms with Crippen LogP contribution in [0.5, 0.6) is 0 Å². The molecule has 9 heteroatoms. The molecular weight excluding hydrogens is 312 g/mol. The molecule has 1 aromatic carbocycles. The molecule has 0 bridgehead atoms. The number of nitrogens with two attached hydrogens (primary N) is 1. The van der Waals surface area contributed by atoms with E-state index in [4.69, 9.17) is 10.3 Å². The number of rotatable bonds is 5. The quantitative estimate of drug-likeness (QED) is 0.369. The monoisotopic (exact) mass is 326 g/mol. The molecule has 9 nitrogen and oxygen atoms in total. The van der Waals surface area contributed by atoms with Crippen LogP contribution in [0.2, 0.25) is 0 Å². The summed E-state index contributed by atoms with van der Waals surface area (Å²) in [6.45, 7) is 1.71. The van der Waals surface area contributed by atoms with Crippen LogP contribution in [-0.2, 0) is 0 Å². The van der Waals surface area contributed by atoms with E-state index in [-0.39, 0.29) is 11.5 Å². The second-order valence-electron chi connectivity index (χ2n) is 4.86. The molecule has 24 heavy (non-hydrogen) atoms. The zero-order chi connectivity index (χ0) is 17.1. The number of furan rings is 1. The second kappa shape index (κ2) is 6.24. The summed E-state index contributed by atoms with van der Waals surface area (Å²) in [7, 11) is 0. The van der Waals surface area contributed by atoms with Gasteiger partial charge < -0.3 is 15.4 Å². The molecule has 0 aliphatic carbocycles. The molecule has 2 aromatic heterocycles. The number of anilines is 1. The average Bonchev–Trinajstić information content (AvgIpc) is 3.17. The lowest BCUT2D eigenvalue weighted by molar-refractivity contribution is 0.0697. The molecule has 0 spiro atoms. The number of aryl methyl sites for hydroxylation is 1. The van der Waals surface area contributed by atoms with Gasteiger partial charge in [-0.25, -0.2) is 14.9 Å². The van der Waals surface area contributed by atoms with E-state index in [1.165, 1.54) is 17.0 Å². The number of hydrazone groups is 1. The number of nitrogens with one attached hydrogen (secondary N) is 1. The molecule has 0 aliphatic rings. The van der Waals surface area contributed by atoms with Crippen molar-refractivity contribution in [3.63, 3.8) is 0 Å². The summed E-state index contributed by atoms with van der Waals surface area (Å²) in [6, 6.07) is 9.96. The first kappa shape index (κ1) is 15.3. The molecule has 122 valence electrons. The van der Waals surface area contributed by atoms with Crippen molar-refractivity contribution in [1.29, 1.82) is 0 Å². The summed E-state index contributed by atoms with van der Waals surface area (Å²) in [6.07, 6.45) is 1.43. The van der Waals surface area contributed by atoms with Crippen LogP contribution in [0.15, 0.2) is 45.9 Å². The summed E-state index contributed by atoms with van der Waals surface area (Å²) in [5.74, 6) is 6.37. The summed E-state index contributed by atoms with van der Waals surface area (Å²) in [4.78, 5) is 11.3. The molecule has 3 aromatic rings. The van der Waals surface area contributed by atoms with Crippen LogP contribution in [-0.4, -0.2) is 32.2 Å². The van der Waals surface area contributed by atoms with Crippen LogP contribution >= 0.6 is 0 Å². The van der Waals surface area contributed by atoms with E-state index in [0.717, 1.165) is 0 Å². The van der Waals surface area contributed by atoms with Gasteiger partial charge in [0.2, 0.25) is 0 Å². The van der Waals surface area contributed by atoms with Gasteiger partial charge in [0.1, 0.15) is 11.5 Å². The van der Waals surface area contributed by atoms with Gasteiger partial charge in [-0.3, -0.25) is 0 Å². The minimum Gasteiger partial charge on any atom is -0.478 e. The third-order valence-electron chi connectivity index (χ3n) is 3.27. The number of carboxylic acids is 1. The molecule has 0 amide bonds. The first-order valence-corrected chi connectivity index (χ1v) is 6.95. The van der Waals surface area contributed by atoms with Gasteiger partial charge in [0.15, 0.2) is 5.82 Å². The largest absolute Gasteiger partial charge is 0.478 e. The van der Waals surface area contributed by atoms with E-state index >= 15 is 0 Å². The van der Waals surface area contributed by atoms with E-state index in [2.05, 4.69) is 20.7 Å². The third kappa shape index (κ3) is 2.95. The van der Waals surface area contributed by atoms with Crippen LogP contribution in [0.4, 0.5) is 5.95 Å². The molecule has 0 saturated heterocycles. The number of aromatic nitrogens is 3. The Labute approximate surface area is 136 Å². The molecular formula is C15H14N6O3. The van der Waals surface area contributed by atoms with E-state index in [9.17, 15) is 9.90 Å². The van der Waals surface area contributed by atoms with Gasteiger partial charge >= 0.3 is 5.97 Å². The zero-order valence-electron chi connectivity index (χ0n) is 12.7. The Balaban J connectivity index is 1.78. The standard InChI is InChI=1S/C15H14N6O3/c1-9-18-20-15(21(9)16)19-17-8-10-6-7-13(24-10)11-4-2-3-5-12(11)14(22)23/h2-8H,16H2,1H3,(H,19,20)(H,22,23)/b17-8+. The molecule has 0 atom stereocenters. The van der Waals surface area contributed by atoms with E-state index in [0.29, 0.717) is 22.9 Å². The smallest absolute Gasteiger partial charge is 0.336 e. The lowest BCUT2D eigenvalue weighted by atomic mass is 10.1. The second-order valence-corrected chi connectivity index (χ2v) is 4.86. The number of aromatic carboxylic acids is 1. The minimum absolute atomic E-state index is 0.167. The summed E-state index contributed by atoms with van der Waals surface area (Å²) in [5.41, 5.74) is 3.30. The van der Waals surface area contributed by atoms with Crippen molar-refractivity contribution in [3.05, 3.63) is 53.5 Å². The van der Waals surface area contributed by atoms with Crippen LogP contribution in [0.3, 0.4) is 0 Å². The van der Waals surface area contributed by atoms with Gasteiger partial charge in [0.25, 0.3) is 5.95 Å². The van der Waals surface area contributed by atoms with E-state index in [1.54, 1.807) is 37.3 Å². The highest BCUT2D eigenvalue weighted by atomic mass is 16.4. The van der Waals surface area contributed by atoms with Crippen LogP contribution in [0, 0.1) is 6.92 Å².